The van der Waals surface area contributed by atoms with Crippen molar-refractivity contribution in [1.82, 2.24) is 5.32 Å². The van der Waals surface area contributed by atoms with E-state index >= 15 is 0 Å². The van der Waals surface area contributed by atoms with Crippen LogP contribution in [0.15, 0.2) is 66.0 Å². The first kappa shape index (κ1) is 19.4. The number of thiophene rings is 1. The molecule has 2 aromatic carbocycles. The number of urea groups is 1. The normalized spacial score (nSPS) is 11.5. The number of carbonyl (C=O) groups is 2. The van der Waals surface area contributed by atoms with Gasteiger partial charge in [-0.05, 0) is 41.5 Å². The van der Waals surface area contributed by atoms with Crippen LogP contribution in [0.4, 0.5) is 10.5 Å². The number of carboxylic acids is 1. The molecule has 3 N–H and O–H groups in total. The molecule has 0 fully saturated rings. The van der Waals surface area contributed by atoms with Gasteiger partial charge in [-0.25, -0.2) is 9.59 Å². The Hall–Kier alpha value is -3.32. The number of carbonyl (C=O) groups excluding carboxylic acids is 1. The van der Waals surface area contributed by atoms with Crippen molar-refractivity contribution >= 4 is 29.0 Å². The zero-order valence-electron chi connectivity index (χ0n) is 15.2. The fourth-order valence-corrected chi connectivity index (χ4v) is 3.53. The predicted molar refractivity (Wildman–Crippen MR) is 110 cm³/mol. The predicted octanol–water partition coefficient (Wildman–Crippen LogP) is 4.24. The first-order valence-corrected chi connectivity index (χ1v) is 9.50. The molecule has 1 heterocycles. The van der Waals surface area contributed by atoms with E-state index in [9.17, 15) is 14.7 Å². The van der Waals surface area contributed by atoms with Gasteiger partial charge in [0.1, 0.15) is 11.8 Å². The summed E-state index contributed by atoms with van der Waals surface area (Å²) in [5, 5.41) is 16.4. The zero-order chi connectivity index (χ0) is 19.9. The van der Waals surface area contributed by atoms with Crippen LogP contribution in [-0.2, 0) is 11.2 Å². The number of hydrogen-bond acceptors (Lipinski definition) is 4. The molecule has 6 nitrogen and oxygen atoms in total. The van der Waals surface area contributed by atoms with Crippen molar-refractivity contribution in [3.05, 3.63) is 71.6 Å². The van der Waals surface area contributed by atoms with Crippen LogP contribution in [0.2, 0.25) is 0 Å². The van der Waals surface area contributed by atoms with Gasteiger partial charge in [0.15, 0.2) is 0 Å². The van der Waals surface area contributed by atoms with Crippen LogP contribution < -0.4 is 15.4 Å². The monoisotopic (exact) mass is 396 g/mol. The Morgan fingerprint density at radius 2 is 1.82 bits per heavy atom. The highest BCUT2D eigenvalue weighted by Gasteiger charge is 2.20. The Balaban J connectivity index is 1.62. The summed E-state index contributed by atoms with van der Waals surface area (Å²) >= 11 is 1.49. The first-order chi connectivity index (χ1) is 13.5. The molecule has 7 heteroatoms. The first-order valence-electron chi connectivity index (χ1n) is 8.62. The number of aliphatic carboxylic acids is 1. The number of rotatable bonds is 7. The summed E-state index contributed by atoms with van der Waals surface area (Å²) in [6.45, 7) is 0. The highest BCUT2D eigenvalue weighted by molar-refractivity contribution is 7.14. The molecular formula is C21H20N2O4S. The van der Waals surface area contributed by atoms with Crippen LogP contribution in [0.1, 0.15) is 5.56 Å². The van der Waals surface area contributed by atoms with E-state index in [-0.39, 0.29) is 6.42 Å². The maximum absolute atomic E-state index is 12.2. The molecule has 1 atom stereocenters. The fraction of sp³-hybridized carbons (Fsp3) is 0.143. The minimum atomic E-state index is -1.08. The number of ether oxygens (including phenoxy) is 1. The third kappa shape index (κ3) is 5.11. The van der Waals surface area contributed by atoms with E-state index in [0.29, 0.717) is 5.69 Å². The molecule has 0 saturated heterocycles. The molecule has 144 valence electrons. The molecule has 0 aliphatic rings. The molecule has 3 rings (SSSR count). The van der Waals surface area contributed by atoms with Crippen molar-refractivity contribution in [2.75, 3.05) is 12.4 Å². The van der Waals surface area contributed by atoms with E-state index < -0.39 is 18.0 Å². The standard InChI is InChI=1S/C21H20N2O4S/c1-27-17-9-7-15(8-10-17)19-12-16(13-28-19)22-21(26)23-18(20(24)25)11-14-5-3-2-4-6-14/h2-10,12-13,18H,11H2,1H3,(H,24,25)(H2,22,23,26)/t18-/m0/s1. The Bertz CT molecular complexity index is 939. The van der Waals surface area contributed by atoms with Gasteiger partial charge in [0.25, 0.3) is 0 Å². The summed E-state index contributed by atoms with van der Waals surface area (Å²) in [5.74, 6) is -0.306. The topological polar surface area (TPSA) is 87.7 Å². The summed E-state index contributed by atoms with van der Waals surface area (Å²) in [6, 6.07) is 17.1. The maximum atomic E-state index is 12.2. The van der Waals surface area contributed by atoms with Crippen molar-refractivity contribution in [3.8, 4) is 16.2 Å². The molecule has 0 aliphatic heterocycles. The molecule has 1 aromatic heterocycles. The second kappa shape index (κ2) is 9.05. The molecular weight excluding hydrogens is 376 g/mol. The highest BCUT2D eigenvalue weighted by Crippen LogP contribution is 2.30. The van der Waals surface area contributed by atoms with E-state index in [1.165, 1.54) is 11.3 Å². The van der Waals surface area contributed by atoms with Crippen molar-refractivity contribution in [2.24, 2.45) is 0 Å². The van der Waals surface area contributed by atoms with Crippen LogP contribution >= 0.6 is 11.3 Å². The third-order valence-corrected chi connectivity index (χ3v) is 5.10. The van der Waals surface area contributed by atoms with Gasteiger partial charge in [-0.3, -0.25) is 0 Å². The van der Waals surface area contributed by atoms with Gasteiger partial charge >= 0.3 is 12.0 Å². The van der Waals surface area contributed by atoms with Gasteiger partial charge in [-0.1, -0.05) is 30.3 Å². The Kier molecular flexibility index (Phi) is 6.29. The third-order valence-electron chi connectivity index (χ3n) is 4.12. The number of nitrogens with one attached hydrogen (secondary N) is 2. The Morgan fingerprint density at radius 1 is 1.11 bits per heavy atom. The van der Waals surface area contributed by atoms with Crippen LogP contribution in [0, 0.1) is 0 Å². The Labute approximate surface area is 166 Å². The molecule has 0 bridgehead atoms. The number of anilines is 1. The van der Waals surface area contributed by atoms with Crippen LogP contribution in [-0.4, -0.2) is 30.3 Å². The van der Waals surface area contributed by atoms with E-state index in [0.717, 1.165) is 21.8 Å². The highest BCUT2D eigenvalue weighted by atomic mass is 32.1. The molecule has 0 aliphatic carbocycles. The van der Waals surface area contributed by atoms with Crippen molar-refractivity contribution in [3.63, 3.8) is 0 Å². The quantitative estimate of drug-likeness (QED) is 0.557. The lowest BCUT2D eigenvalue weighted by Crippen LogP contribution is -2.44. The van der Waals surface area contributed by atoms with Crippen LogP contribution in [0.5, 0.6) is 5.75 Å². The molecule has 2 amide bonds. The van der Waals surface area contributed by atoms with Crippen molar-refractivity contribution < 1.29 is 19.4 Å². The van der Waals surface area contributed by atoms with Gasteiger partial charge in [0, 0.05) is 16.7 Å². The van der Waals surface area contributed by atoms with E-state index in [2.05, 4.69) is 10.6 Å². The number of benzene rings is 2. The van der Waals surface area contributed by atoms with Crippen molar-refractivity contribution in [1.29, 1.82) is 0 Å². The van der Waals surface area contributed by atoms with Gasteiger partial charge in [0.05, 0.1) is 12.8 Å². The summed E-state index contributed by atoms with van der Waals surface area (Å²) in [6.07, 6.45) is 0.213. The SMILES string of the molecule is COc1ccc(-c2cc(NC(=O)N[C@@H](Cc3ccccc3)C(=O)O)cs2)cc1. The van der Waals surface area contributed by atoms with Crippen molar-refractivity contribution in [2.45, 2.75) is 12.5 Å². The van der Waals surface area contributed by atoms with Crippen LogP contribution in [0.3, 0.4) is 0 Å². The van der Waals surface area contributed by atoms with Gasteiger partial charge < -0.3 is 20.5 Å². The molecule has 0 radical (unpaired) electrons. The van der Waals surface area contributed by atoms with Crippen LogP contribution in [0.25, 0.3) is 10.4 Å². The summed E-state index contributed by atoms with van der Waals surface area (Å²) in [4.78, 5) is 24.7. The van der Waals surface area contributed by atoms with Gasteiger partial charge in [-0.2, -0.15) is 0 Å². The lowest BCUT2D eigenvalue weighted by atomic mass is 10.1. The average Bonchev–Trinajstić information content (AvgIpc) is 3.16. The van der Waals surface area contributed by atoms with Gasteiger partial charge in [-0.15, -0.1) is 11.3 Å². The van der Waals surface area contributed by atoms with E-state index in [4.69, 9.17) is 4.74 Å². The average molecular weight is 396 g/mol. The summed E-state index contributed by atoms with van der Waals surface area (Å²) in [7, 11) is 1.61. The lowest BCUT2D eigenvalue weighted by molar-refractivity contribution is -0.139. The lowest BCUT2D eigenvalue weighted by Gasteiger charge is -2.15. The minimum absolute atomic E-state index is 0.213. The summed E-state index contributed by atoms with van der Waals surface area (Å²) < 4.78 is 5.15. The number of amides is 2. The van der Waals surface area contributed by atoms with Gasteiger partial charge in [0.2, 0.25) is 0 Å². The second-order valence-electron chi connectivity index (χ2n) is 6.11. The van der Waals surface area contributed by atoms with E-state index in [1.54, 1.807) is 7.11 Å². The smallest absolute Gasteiger partial charge is 0.326 e. The maximum Gasteiger partial charge on any atom is 0.326 e. The fourth-order valence-electron chi connectivity index (χ4n) is 2.68. The molecule has 0 unspecified atom stereocenters. The minimum Gasteiger partial charge on any atom is -0.497 e. The second-order valence-corrected chi connectivity index (χ2v) is 7.02. The summed E-state index contributed by atoms with van der Waals surface area (Å²) in [5.41, 5.74) is 2.46. The number of hydrogen-bond donors (Lipinski definition) is 3. The van der Waals surface area contributed by atoms with E-state index in [1.807, 2.05) is 66.0 Å². The molecule has 28 heavy (non-hydrogen) atoms. The Morgan fingerprint density at radius 3 is 2.46 bits per heavy atom. The number of methoxy groups -OCH3 is 1. The molecule has 0 saturated carbocycles. The molecule has 3 aromatic rings. The largest absolute Gasteiger partial charge is 0.497 e. The number of carboxylic acid groups (broad SMARTS) is 1. The molecule has 0 spiro atoms. The zero-order valence-corrected chi connectivity index (χ0v) is 16.0.